The van der Waals surface area contributed by atoms with Crippen molar-refractivity contribution in [1.82, 2.24) is 10.6 Å². The highest BCUT2D eigenvalue weighted by atomic mass is 16.5. The second-order valence-corrected chi connectivity index (χ2v) is 5.41. The molecule has 1 amide bonds. The van der Waals surface area contributed by atoms with Crippen LogP contribution in [0.4, 0.5) is 0 Å². The first-order valence-electron chi connectivity index (χ1n) is 7.01. The van der Waals surface area contributed by atoms with Crippen LogP contribution in [0.5, 0.6) is 0 Å². The molecular weight excluding hydrogens is 232 g/mol. The molecule has 5 heteroatoms. The number of ether oxygens (including phenoxy) is 1. The molecule has 0 aliphatic carbocycles. The van der Waals surface area contributed by atoms with E-state index in [2.05, 4.69) is 10.6 Å². The highest BCUT2D eigenvalue weighted by Crippen LogP contribution is 2.19. The Kier molecular flexibility index (Phi) is 4.97. The van der Waals surface area contributed by atoms with Gasteiger partial charge in [0, 0.05) is 32.6 Å². The third kappa shape index (κ3) is 3.93. The minimum Gasteiger partial charge on any atom is -0.388 e. The Bertz CT molecular complexity index is 269. The van der Waals surface area contributed by atoms with Gasteiger partial charge in [0.25, 0.3) is 0 Å². The van der Waals surface area contributed by atoms with E-state index in [-0.39, 0.29) is 11.9 Å². The number of hydrogen-bond donors (Lipinski definition) is 3. The third-order valence-corrected chi connectivity index (χ3v) is 3.89. The summed E-state index contributed by atoms with van der Waals surface area (Å²) < 4.78 is 5.22. The molecule has 0 aromatic carbocycles. The van der Waals surface area contributed by atoms with Crippen molar-refractivity contribution in [3.05, 3.63) is 0 Å². The van der Waals surface area contributed by atoms with Crippen LogP contribution in [-0.4, -0.2) is 49.0 Å². The predicted octanol–water partition coefficient (Wildman–Crippen LogP) is 0.176. The van der Waals surface area contributed by atoms with E-state index in [0.29, 0.717) is 32.6 Å². The molecular formula is C13H24N2O3. The minimum absolute atomic E-state index is 0.0248. The summed E-state index contributed by atoms with van der Waals surface area (Å²) in [7, 11) is 0. The SMILES string of the molecule is O=C(NCC1(O)CCOCC1)C1CCCCCN1. The molecule has 0 bridgehead atoms. The lowest BCUT2D eigenvalue weighted by atomic mass is 9.94. The second kappa shape index (κ2) is 6.50. The van der Waals surface area contributed by atoms with Gasteiger partial charge in [-0.2, -0.15) is 0 Å². The van der Waals surface area contributed by atoms with E-state index in [0.717, 1.165) is 25.8 Å². The Balaban J connectivity index is 1.76. The number of carbonyl (C=O) groups is 1. The van der Waals surface area contributed by atoms with E-state index < -0.39 is 5.60 Å². The molecule has 2 rings (SSSR count). The molecule has 0 radical (unpaired) electrons. The molecule has 2 aliphatic rings. The van der Waals surface area contributed by atoms with Crippen LogP contribution < -0.4 is 10.6 Å². The van der Waals surface area contributed by atoms with Crippen molar-refractivity contribution >= 4 is 5.91 Å². The van der Waals surface area contributed by atoms with Crippen molar-refractivity contribution in [2.75, 3.05) is 26.3 Å². The Labute approximate surface area is 108 Å². The van der Waals surface area contributed by atoms with Gasteiger partial charge >= 0.3 is 0 Å². The zero-order valence-corrected chi connectivity index (χ0v) is 10.9. The summed E-state index contributed by atoms with van der Waals surface area (Å²) in [5, 5.41) is 16.4. The fourth-order valence-corrected chi connectivity index (χ4v) is 2.56. The van der Waals surface area contributed by atoms with Crippen molar-refractivity contribution < 1.29 is 14.6 Å². The number of hydrogen-bond acceptors (Lipinski definition) is 4. The van der Waals surface area contributed by atoms with Gasteiger partial charge < -0.3 is 20.5 Å². The predicted molar refractivity (Wildman–Crippen MR) is 68.3 cm³/mol. The maximum absolute atomic E-state index is 12.0. The largest absolute Gasteiger partial charge is 0.388 e. The number of aliphatic hydroxyl groups is 1. The van der Waals surface area contributed by atoms with Gasteiger partial charge in [0.05, 0.1) is 11.6 Å². The molecule has 18 heavy (non-hydrogen) atoms. The molecule has 2 aliphatic heterocycles. The standard InChI is InChI=1S/C13H24N2O3/c16-12(11-4-2-1-3-7-14-11)15-10-13(17)5-8-18-9-6-13/h11,14,17H,1-10H2,(H,15,16). The average Bonchev–Trinajstić information content (AvgIpc) is 2.66. The highest BCUT2D eigenvalue weighted by Gasteiger charge is 2.31. The van der Waals surface area contributed by atoms with Crippen LogP contribution >= 0.6 is 0 Å². The number of amides is 1. The molecule has 3 N–H and O–H groups in total. The lowest BCUT2D eigenvalue weighted by Gasteiger charge is -2.32. The molecule has 1 unspecified atom stereocenters. The van der Waals surface area contributed by atoms with Crippen molar-refractivity contribution in [1.29, 1.82) is 0 Å². The average molecular weight is 256 g/mol. The van der Waals surface area contributed by atoms with Gasteiger partial charge in [-0.25, -0.2) is 0 Å². The van der Waals surface area contributed by atoms with Gasteiger partial charge in [0.1, 0.15) is 0 Å². The van der Waals surface area contributed by atoms with Crippen LogP contribution in [0, 0.1) is 0 Å². The smallest absolute Gasteiger partial charge is 0.237 e. The Morgan fingerprint density at radius 2 is 2.11 bits per heavy atom. The molecule has 1 atom stereocenters. The highest BCUT2D eigenvalue weighted by molar-refractivity contribution is 5.81. The van der Waals surface area contributed by atoms with Crippen LogP contribution in [-0.2, 0) is 9.53 Å². The molecule has 2 fully saturated rings. The van der Waals surface area contributed by atoms with Gasteiger partial charge in [0.15, 0.2) is 0 Å². The molecule has 0 aromatic heterocycles. The Morgan fingerprint density at radius 1 is 1.33 bits per heavy atom. The Morgan fingerprint density at radius 3 is 2.89 bits per heavy atom. The van der Waals surface area contributed by atoms with Gasteiger partial charge in [-0.1, -0.05) is 12.8 Å². The number of nitrogens with one attached hydrogen (secondary N) is 2. The molecule has 104 valence electrons. The van der Waals surface area contributed by atoms with E-state index in [9.17, 15) is 9.90 Å². The van der Waals surface area contributed by atoms with E-state index in [1.165, 1.54) is 6.42 Å². The summed E-state index contributed by atoms with van der Waals surface area (Å²) in [5.41, 5.74) is -0.779. The number of carbonyl (C=O) groups excluding carboxylic acids is 1. The topological polar surface area (TPSA) is 70.6 Å². The molecule has 0 aromatic rings. The van der Waals surface area contributed by atoms with Crippen molar-refractivity contribution in [2.24, 2.45) is 0 Å². The second-order valence-electron chi connectivity index (χ2n) is 5.41. The van der Waals surface area contributed by atoms with Crippen LogP contribution in [0.3, 0.4) is 0 Å². The molecule has 2 saturated heterocycles. The van der Waals surface area contributed by atoms with Crippen molar-refractivity contribution in [3.63, 3.8) is 0 Å². The van der Waals surface area contributed by atoms with E-state index in [4.69, 9.17) is 4.74 Å². The van der Waals surface area contributed by atoms with E-state index >= 15 is 0 Å². The zero-order chi connectivity index (χ0) is 12.8. The van der Waals surface area contributed by atoms with Crippen LogP contribution in [0.1, 0.15) is 38.5 Å². The summed E-state index contributed by atoms with van der Waals surface area (Å²) in [6.07, 6.45) is 5.54. The molecule has 2 heterocycles. The first-order chi connectivity index (χ1) is 8.70. The van der Waals surface area contributed by atoms with Crippen molar-refractivity contribution in [2.45, 2.75) is 50.2 Å². The third-order valence-electron chi connectivity index (χ3n) is 3.89. The van der Waals surface area contributed by atoms with E-state index in [1.54, 1.807) is 0 Å². The van der Waals surface area contributed by atoms with Gasteiger partial charge in [0.2, 0.25) is 5.91 Å². The van der Waals surface area contributed by atoms with E-state index in [1.807, 2.05) is 0 Å². The van der Waals surface area contributed by atoms with Crippen LogP contribution in [0.2, 0.25) is 0 Å². The maximum atomic E-state index is 12.0. The Hall–Kier alpha value is -0.650. The summed E-state index contributed by atoms with van der Waals surface area (Å²) >= 11 is 0. The fourth-order valence-electron chi connectivity index (χ4n) is 2.56. The number of rotatable bonds is 3. The molecule has 0 saturated carbocycles. The summed E-state index contributed by atoms with van der Waals surface area (Å²) in [5.74, 6) is 0.0248. The summed E-state index contributed by atoms with van der Waals surface area (Å²) in [4.78, 5) is 12.0. The fraction of sp³-hybridized carbons (Fsp3) is 0.923. The summed E-state index contributed by atoms with van der Waals surface area (Å²) in [6, 6.07) is -0.0871. The van der Waals surface area contributed by atoms with Gasteiger partial charge in [-0.05, 0) is 19.4 Å². The maximum Gasteiger partial charge on any atom is 0.237 e. The lowest BCUT2D eigenvalue weighted by molar-refractivity contribution is -0.126. The molecule has 5 nitrogen and oxygen atoms in total. The lowest BCUT2D eigenvalue weighted by Crippen LogP contribution is -2.51. The normalized spacial score (nSPS) is 28.4. The summed E-state index contributed by atoms with van der Waals surface area (Å²) in [6.45, 7) is 2.41. The van der Waals surface area contributed by atoms with Crippen LogP contribution in [0.25, 0.3) is 0 Å². The first kappa shape index (κ1) is 13.8. The monoisotopic (exact) mass is 256 g/mol. The van der Waals surface area contributed by atoms with Gasteiger partial charge in [-0.15, -0.1) is 0 Å². The first-order valence-corrected chi connectivity index (χ1v) is 7.01. The molecule has 0 spiro atoms. The quantitative estimate of drug-likeness (QED) is 0.673. The minimum atomic E-state index is -0.779. The van der Waals surface area contributed by atoms with Crippen molar-refractivity contribution in [3.8, 4) is 0 Å². The zero-order valence-electron chi connectivity index (χ0n) is 10.9. The van der Waals surface area contributed by atoms with Gasteiger partial charge in [-0.3, -0.25) is 4.79 Å². The van der Waals surface area contributed by atoms with Crippen LogP contribution in [0.15, 0.2) is 0 Å².